The lowest BCUT2D eigenvalue weighted by atomic mass is 9.87. The molecule has 0 radical (unpaired) electrons. The average Bonchev–Trinajstić information content (AvgIpc) is 2.39. The number of alkyl halides is 3. The van der Waals surface area contributed by atoms with Gasteiger partial charge in [-0.1, -0.05) is 6.92 Å². The van der Waals surface area contributed by atoms with Crippen LogP contribution < -0.4 is 4.72 Å². The Balaban J connectivity index is 4.49. The van der Waals surface area contributed by atoms with Crippen molar-refractivity contribution in [3.05, 3.63) is 0 Å². The van der Waals surface area contributed by atoms with E-state index in [9.17, 15) is 31.2 Å². The zero-order valence-electron chi connectivity index (χ0n) is 11.5. The third-order valence-electron chi connectivity index (χ3n) is 2.83. The lowest BCUT2D eigenvalue weighted by Gasteiger charge is -2.25. The van der Waals surface area contributed by atoms with Gasteiger partial charge in [-0.05, 0) is 6.42 Å². The molecule has 1 amide bonds. The predicted octanol–water partition coefficient (Wildman–Crippen LogP) is -0.734. The first-order valence-corrected chi connectivity index (χ1v) is 7.45. The number of nitrogens with one attached hydrogen (secondary N) is 1. The van der Waals surface area contributed by atoms with Crippen LogP contribution in [0.2, 0.25) is 0 Å². The molecule has 0 aliphatic carbocycles. The first-order valence-electron chi connectivity index (χ1n) is 5.96. The number of hydrogen-bond acceptors (Lipinski definition) is 7. The summed E-state index contributed by atoms with van der Waals surface area (Å²) in [5.74, 6) is -2.56. The second-order valence-electron chi connectivity index (χ2n) is 4.31. The highest BCUT2D eigenvalue weighted by Crippen LogP contribution is 2.23. The van der Waals surface area contributed by atoms with E-state index in [1.54, 1.807) is 0 Å². The summed E-state index contributed by atoms with van der Waals surface area (Å²) in [6.07, 6.45) is -0.814. The molecular weight excluding hydrogens is 335 g/mol. The summed E-state index contributed by atoms with van der Waals surface area (Å²) in [5, 5.41) is 18.1. The van der Waals surface area contributed by atoms with E-state index in [2.05, 4.69) is 4.74 Å². The lowest BCUT2D eigenvalue weighted by Crippen LogP contribution is -2.41. The van der Waals surface area contributed by atoms with Crippen LogP contribution in [0.3, 0.4) is 0 Å². The van der Waals surface area contributed by atoms with Crippen LogP contribution >= 0.6 is 0 Å². The Morgan fingerprint density at radius 2 is 1.68 bits per heavy atom. The van der Waals surface area contributed by atoms with Gasteiger partial charge in [-0.25, -0.2) is 4.72 Å². The Labute approximate surface area is 124 Å². The van der Waals surface area contributed by atoms with Crippen molar-refractivity contribution in [1.82, 2.24) is 4.72 Å². The molecule has 0 aliphatic heterocycles. The van der Waals surface area contributed by atoms with E-state index in [1.165, 1.54) is 6.92 Å². The molecule has 8 nitrogen and oxygen atoms in total. The van der Waals surface area contributed by atoms with Crippen LogP contribution in [-0.4, -0.2) is 55.8 Å². The fraction of sp³-hybridized carbons (Fsp3) is 0.800. The van der Waals surface area contributed by atoms with Gasteiger partial charge in [-0.15, -0.1) is 0 Å². The third kappa shape index (κ3) is 5.10. The van der Waals surface area contributed by atoms with Gasteiger partial charge in [0, 0.05) is 0 Å². The van der Waals surface area contributed by atoms with Gasteiger partial charge in [0.1, 0.15) is 12.0 Å². The molecular formula is C10H16F3NO7S. The molecule has 22 heavy (non-hydrogen) atoms. The van der Waals surface area contributed by atoms with Gasteiger partial charge >= 0.3 is 21.5 Å². The Hall–Kier alpha value is -1.40. The van der Waals surface area contributed by atoms with Gasteiger partial charge in [0.25, 0.3) is 0 Å². The maximum atomic E-state index is 12.0. The molecule has 12 heteroatoms. The Bertz CT molecular complexity index is 491. The number of aliphatic hydroxyl groups is 2. The molecule has 0 aromatic carbocycles. The van der Waals surface area contributed by atoms with Crippen molar-refractivity contribution in [3.63, 3.8) is 0 Å². The molecule has 0 aromatic heterocycles. The summed E-state index contributed by atoms with van der Waals surface area (Å²) in [6.45, 7) is -0.683. The van der Waals surface area contributed by atoms with Gasteiger partial charge in [-0.3, -0.25) is 9.59 Å². The van der Waals surface area contributed by atoms with Gasteiger partial charge in [0.15, 0.2) is 0 Å². The van der Waals surface area contributed by atoms with E-state index in [0.717, 1.165) is 4.72 Å². The molecule has 3 N–H and O–H groups in total. The SMILES string of the molecule is CCC(CO)(CO)C(=O)OCCC(=O)NS(=O)(=O)C(F)(F)F. The molecule has 0 fully saturated rings. The minimum absolute atomic E-state index is 0.0213. The highest BCUT2D eigenvalue weighted by atomic mass is 32.2. The van der Waals surface area contributed by atoms with Crippen LogP contribution in [0.1, 0.15) is 19.8 Å². The molecule has 0 unspecified atom stereocenters. The number of halogens is 3. The van der Waals surface area contributed by atoms with Crippen LogP contribution in [-0.2, 0) is 24.3 Å². The van der Waals surface area contributed by atoms with Gasteiger partial charge in [-0.2, -0.15) is 21.6 Å². The maximum absolute atomic E-state index is 12.0. The maximum Gasteiger partial charge on any atom is 0.516 e. The molecule has 0 heterocycles. The van der Waals surface area contributed by atoms with Crippen molar-refractivity contribution in [2.75, 3.05) is 19.8 Å². The Kier molecular flexibility index (Phi) is 7.25. The number of sulfonamides is 1. The summed E-state index contributed by atoms with van der Waals surface area (Å²) in [5.41, 5.74) is -7.22. The fourth-order valence-corrected chi connectivity index (χ4v) is 1.71. The van der Waals surface area contributed by atoms with Crippen LogP contribution in [0.4, 0.5) is 13.2 Å². The van der Waals surface area contributed by atoms with E-state index in [4.69, 9.17) is 10.2 Å². The number of hydrogen-bond donors (Lipinski definition) is 3. The third-order valence-corrected chi connectivity index (χ3v) is 3.94. The van der Waals surface area contributed by atoms with Gasteiger partial charge < -0.3 is 14.9 Å². The molecule has 0 saturated carbocycles. The molecule has 0 saturated heterocycles. The second-order valence-corrected chi connectivity index (χ2v) is 5.98. The number of esters is 1. The van der Waals surface area contributed by atoms with Crippen LogP contribution in [0.15, 0.2) is 0 Å². The molecule has 0 rings (SSSR count). The first kappa shape index (κ1) is 20.6. The zero-order chi connectivity index (χ0) is 17.6. The highest BCUT2D eigenvalue weighted by Gasteiger charge is 2.47. The molecule has 0 aliphatic rings. The highest BCUT2D eigenvalue weighted by molar-refractivity contribution is 7.90. The van der Waals surface area contributed by atoms with E-state index < -0.39 is 59.1 Å². The van der Waals surface area contributed by atoms with E-state index >= 15 is 0 Å². The topological polar surface area (TPSA) is 130 Å². The minimum atomic E-state index is -5.81. The number of rotatable bonds is 8. The van der Waals surface area contributed by atoms with E-state index in [-0.39, 0.29) is 6.42 Å². The van der Waals surface area contributed by atoms with Crippen LogP contribution in [0.25, 0.3) is 0 Å². The van der Waals surface area contributed by atoms with Crippen molar-refractivity contribution in [2.45, 2.75) is 25.3 Å². The Morgan fingerprint density at radius 1 is 1.18 bits per heavy atom. The number of carbonyl (C=O) groups is 2. The van der Waals surface area contributed by atoms with Crippen molar-refractivity contribution >= 4 is 21.9 Å². The second kappa shape index (κ2) is 7.74. The molecule has 0 aromatic rings. The number of amides is 1. The average molecular weight is 351 g/mol. The quantitative estimate of drug-likeness (QED) is 0.491. The van der Waals surface area contributed by atoms with Gasteiger partial charge in [0.2, 0.25) is 5.91 Å². The van der Waals surface area contributed by atoms with Crippen molar-refractivity contribution in [3.8, 4) is 0 Å². The predicted molar refractivity (Wildman–Crippen MR) is 65.6 cm³/mol. The zero-order valence-corrected chi connectivity index (χ0v) is 12.3. The summed E-state index contributed by atoms with van der Waals surface area (Å²) < 4.78 is 62.6. The number of carbonyl (C=O) groups excluding carboxylic acids is 2. The molecule has 130 valence electrons. The largest absolute Gasteiger partial charge is 0.516 e. The van der Waals surface area contributed by atoms with Crippen molar-refractivity contribution in [1.29, 1.82) is 0 Å². The van der Waals surface area contributed by atoms with E-state index in [0.29, 0.717) is 0 Å². The van der Waals surface area contributed by atoms with Crippen LogP contribution in [0.5, 0.6) is 0 Å². The molecule has 0 atom stereocenters. The Morgan fingerprint density at radius 3 is 2.05 bits per heavy atom. The standard InChI is InChI=1S/C10H16F3NO7S/c1-2-9(5-15,6-16)8(18)21-4-3-7(17)14-22(19,20)10(11,12)13/h15-16H,2-6H2,1H3,(H,14,17). The van der Waals surface area contributed by atoms with Crippen molar-refractivity contribution in [2.24, 2.45) is 5.41 Å². The summed E-state index contributed by atoms with van der Waals surface area (Å²) in [6, 6.07) is 0. The summed E-state index contributed by atoms with van der Waals surface area (Å²) >= 11 is 0. The monoisotopic (exact) mass is 351 g/mol. The normalized spacial score (nSPS) is 12.8. The number of aliphatic hydroxyl groups excluding tert-OH is 2. The lowest BCUT2D eigenvalue weighted by molar-refractivity contribution is -0.162. The minimum Gasteiger partial charge on any atom is -0.465 e. The fourth-order valence-electron chi connectivity index (χ4n) is 1.20. The number of ether oxygens (including phenoxy) is 1. The smallest absolute Gasteiger partial charge is 0.465 e. The molecule has 0 spiro atoms. The molecule has 0 bridgehead atoms. The summed E-state index contributed by atoms with van der Waals surface area (Å²) in [7, 11) is -5.81. The van der Waals surface area contributed by atoms with Crippen LogP contribution in [0, 0.1) is 5.41 Å². The van der Waals surface area contributed by atoms with E-state index in [1.807, 2.05) is 0 Å². The summed E-state index contributed by atoms with van der Waals surface area (Å²) in [4.78, 5) is 22.7. The van der Waals surface area contributed by atoms with Crippen molar-refractivity contribution < 1.29 is 46.1 Å². The van der Waals surface area contributed by atoms with Gasteiger partial charge in [0.05, 0.1) is 19.6 Å². The first-order chi connectivity index (χ1) is 9.95.